The highest BCUT2D eigenvalue weighted by Crippen LogP contribution is 2.22. The molecule has 0 radical (unpaired) electrons. The minimum absolute atomic E-state index is 0.822. The number of rotatable bonds is 7. The zero-order valence-corrected chi connectivity index (χ0v) is 14.2. The van der Waals surface area contributed by atoms with Gasteiger partial charge in [0.1, 0.15) is 11.3 Å². The summed E-state index contributed by atoms with van der Waals surface area (Å²) in [6.07, 6.45) is 4.46. The number of hydrogen-bond donors (Lipinski definition) is 1. The molecule has 2 aromatic rings. The lowest BCUT2D eigenvalue weighted by Gasteiger charge is -2.26. The molecule has 23 heavy (non-hydrogen) atoms. The summed E-state index contributed by atoms with van der Waals surface area (Å²) in [5, 5.41) is 3.49. The van der Waals surface area contributed by atoms with Crippen LogP contribution in [0.25, 0.3) is 11.0 Å². The maximum atomic E-state index is 5.42. The number of fused-ring (bicyclic) bond motifs is 1. The van der Waals surface area contributed by atoms with Gasteiger partial charge in [-0.3, -0.25) is 4.90 Å². The van der Waals surface area contributed by atoms with Crippen LogP contribution < -0.4 is 5.32 Å². The van der Waals surface area contributed by atoms with Gasteiger partial charge >= 0.3 is 0 Å². The van der Waals surface area contributed by atoms with Crippen LogP contribution >= 0.6 is 0 Å². The second kappa shape index (κ2) is 7.75. The summed E-state index contributed by atoms with van der Waals surface area (Å²) in [6, 6.07) is 2.09. The largest absolute Gasteiger partial charge is 0.379 e. The van der Waals surface area contributed by atoms with Gasteiger partial charge in [-0.15, -0.1) is 0 Å². The van der Waals surface area contributed by atoms with Crippen molar-refractivity contribution in [3.8, 4) is 0 Å². The van der Waals surface area contributed by atoms with E-state index in [1.807, 2.05) is 6.92 Å². The Morgan fingerprint density at radius 3 is 2.83 bits per heavy atom. The Balaban J connectivity index is 1.76. The predicted octanol–water partition coefficient (Wildman–Crippen LogP) is 2.28. The molecule has 0 spiro atoms. The van der Waals surface area contributed by atoms with Gasteiger partial charge in [0.25, 0.3) is 0 Å². The smallest absolute Gasteiger partial charge is 0.154 e. The summed E-state index contributed by atoms with van der Waals surface area (Å²) in [6.45, 7) is 10.8. The predicted molar refractivity (Wildman–Crippen MR) is 92.9 cm³/mol. The maximum absolute atomic E-state index is 5.42. The fraction of sp³-hybridized carbons (Fsp3) is 0.647. The highest BCUT2D eigenvalue weighted by Gasteiger charge is 2.13. The van der Waals surface area contributed by atoms with Gasteiger partial charge in [0, 0.05) is 38.9 Å². The van der Waals surface area contributed by atoms with Crippen molar-refractivity contribution in [1.29, 1.82) is 0 Å². The molecule has 0 aromatic carbocycles. The SMILES string of the molecule is CCCCNc1nc(C)nc2ccn(CCN3CCOCC3)c12. The summed E-state index contributed by atoms with van der Waals surface area (Å²) in [5.74, 6) is 1.79. The molecule has 2 aromatic heterocycles. The molecule has 1 fully saturated rings. The van der Waals surface area contributed by atoms with Crippen molar-refractivity contribution in [2.24, 2.45) is 0 Å². The highest BCUT2D eigenvalue weighted by molar-refractivity contribution is 5.86. The van der Waals surface area contributed by atoms with E-state index in [4.69, 9.17) is 4.74 Å². The average Bonchev–Trinajstić information content (AvgIpc) is 2.97. The van der Waals surface area contributed by atoms with Gasteiger partial charge in [0.2, 0.25) is 0 Å². The molecule has 0 saturated carbocycles. The summed E-state index contributed by atoms with van der Waals surface area (Å²) < 4.78 is 7.69. The van der Waals surface area contributed by atoms with Crippen molar-refractivity contribution in [1.82, 2.24) is 19.4 Å². The fourth-order valence-corrected chi connectivity index (χ4v) is 2.99. The Labute approximate surface area is 137 Å². The summed E-state index contributed by atoms with van der Waals surface area (Å²) >= 11 is 0. The van der Waals surface area contributed by atoms with Crippen LogP contribution in [0.4, 0.5) is 5.82 Å². The number of morpholine rings is 1. The molecule has 0 amide bonds. The number of nitrogens with zero attached hydrogens (tertiary/aromatic N) is 4. The molecule has 126 valence electrons. The van der Waals surface area contributed by atoms with E-state index >= 15 is 0 Å². The van der Waals surface area contributed by atoms with E-state index in [9.17, 15) is 0 Å². The van der Waals surface area contributed by atoms with Crippen molar-refractivity contribution < 1.29 is 4.74 Å². The minimum Gasteiger partial charge on any atom is -0.379 e. The van der Waals surface area contributed by atoms with Crippen molar-refractivity contribution in [2.45, 2.75) is 33.2 Å². The Hall–Kier alpha value is -1.66. The third kappa shape index (κ3) is 4.00. The van der Waals surface area contributed by atoms with Gasteiger partial charge in [0.05, 0.1) is 18.7 Å². The van der Waals surface area contributed by atoms with Crippen LogP contribution in [0.5, 0.6) is 0 Å². The number of unbranched alkanes of at least 4 members (excludes halogenated alkanes) is 1. The molecular formula is C17H27N5O. The van der Waals surface area contributed by atoms with E-state index < -0.39 is 0 Å². The van der Waals surface area contributed by atoms with Crippen LogP contribution in [0, 0.1) is 6.92 Å². The van der Waals surface area contributed by atoms with Crippen LogP contribution in [0.3, 0.4) is 0 Å². The minimum atomic E-state index is 0.822. The Morgan fingerprint density at radius 2 is 2.04 bits per heavy atom. The number of anilines is 1. The second-order valence-electron chi connectivity index (χ2n) is 6.10. The molecule has 3 heterocycles. The molecule has 1 aliphatic heterocycles. The first-order valence-corrected chi connectivity index (χ1v) is 8.65. The van der Waals surface area contributed by atoms with Crippen LogP contribution in [-0.4, -0.2) is 58.8 Å². The number of ether oxygens (including phenoxy) is 1. The molecule has 3 rings (SSSR count). The Bertz CT molecular complexity index is 633. The quantitative estimate of drug-likeness (QED) is 0.794. The van der Waals surface area contributed by atoms with Crippen molar-refractivity contribution >= 4 is 16.9 Å². The topological polar surface area (TPSA) is 55.2 Å². The zero-order valence-electron chi connectivity index (χ0n) is 14.2. The molecular weight excluding hydrogens is 290 g/mol. The normalized spacial score (nSPS) is 16.1. The van der Waals surface area contributed by atoms with Crippen molar-refractivity contribution in [3.63, 3.8) is 0 Å². The van der Waals surface area contributed by atoms with E-state index in [0.717, 1.165) is 75.0 Å². The van der Waals surface area contributed by atoms with Crippen LogP contribution in [0.2, 0.25) is 0 Å². The van der Waals surface area contributed by atoms with Crippen LogP contribution in [0.1, 0.15) is 25.6 Å². The van der Waals surface area contributed by atoms with E-state index in [1.54, 1.807) is 0 Å². The molecule has 1 saturated heterocycles. The van der Waals surface area contributed by atoms with Gasteiger partial charge < -0.3 is 14.6 Å². The molecule has 1 aliphatic rings. The fourth-order valence-electron chi connectivity index (χ4n) is 2.99. The molecule has 0 aliphatic carbocycles. The van der Waals surface area contributed by atoms with E-state index in [0.29, 0.717) is 0 Å². The van der Waals surface area contributed by atoms with Gasteiger partial charge in [-0.1, -0.05) is 13.3 Å². The van der Waals surface area contributed by atoms with E-state index in [-0.39, 0.29) is 0 Å². The first-order valence-electron chi connectivity index (χ1n) is 8.65. The number of aryl methyl sites for hydroxylation is 1. The third-order valence-electron chi connectivity index (χ3n) is 4.31. The van der Waals surface area contributed by atoms with Gasteiger partial charge in [-0.25, -0.2) is 9.97 Å². The third-order valence-corrected chi connectivity index (χ3v) is 4.31. The molecule has 1 N–H and O–H groups in total. The van der Waals surface area contributed by atoms with E-state index in [2.05, 4.69) is 43.9 Å². The maximum Gasteiger partial charge on any atom is 0.154 e. The van der Waals surface area contributed by atoms with Gasteiger partial charge in [-0.05, 0) is 19.4 Å². The number of aromatic nitrogens is 3. The molecule has 6 heteroatoms. The molecule has 0 unspecified atom stereocenters. The molecule has 0 atom stereocenters. The highest BCUT2D eigenvalue weighted by atomic mass is 16.5. The first-order chi connectivity index (χ1) is 11.3. The van der Waals surface area contributed by atoms with Crippen LogP contribution in [-0.2, 0) is 11.3 Å². The van der Waals surface area contributed by atoms with Gasteiger partial charge in [0.15, 0.2) is 5.82 Å². The lowest BCUT2D eigenvalue weighted by Crippen LogP contribution is -2.38. The zero-order chi connectivity index (χ0) is 16.1. The lowest BCUT2D eigenvalue weighted by atomic mass is 10.3. The second-order valence-corrected chi connectivity index (χ2v) is 6.10. The lowest BCUT2D eigenvalue weighted by molar-refractivity contribution is 0.0365. The number of hydrogen-bond acceptors (Lipinski definition) is 5. The number of nitrogens with one attached hydrogen (secondary N) is 1. The summed E-state index contributed by atoms with van der Waals surface area (Å²) in [4.78, 5) is 11.7. The Kier molecular flexibility index (Phi) is 5.46. The molecule has 6 nitrogen and oxygen atoms in total. The van der Waals surface area contributed by atoms with Crippen LogP contribution in [0.15, 0.2) is 12.3 Å². The first kappa shape index (κ1) is 16.2. The van der Waals surface area contributed by atoms with Crippen molar-refractivity contribution in [2.75, 3.05) is 44.7 Å². The molecule has 0 bridgehead atoms. The standard InChI is InChI=1S/C17H27N5O/c1-3-4-6-18-17-16-15(19-14(2)20-17)5-7-22(16)9-8-21-10-12-23-13-11-21/h5,7H,3-4,6,8-13H2,1-2H3,(H,18,19,20). The van der Waals surface area contributed by atoms with Gasteiger partial charge in [-0.2, -0.15) is 0 Å². The summed E-state index contributed by atoms with van der Waals surface area (Å²) in [5.41, 5.74) is 2.15. The van der Waals surface area contributed by atoms with Crippen molar-refractivity contribution in [3.05, 3.63) is 18.1 Å². The van der Waals surface area contributed by atoms with E-state index in [1.165, 1.54) is 6.42 Å². The average molecular weight is 317 g/mol. The Morgan fingerprint density at radius 1 is 1.22 bits per heavy atom. The summed E-state index contributed by atoms with van der Waals surface area (Å²) in [7, 11) is 0. The monoisotopic (exact) mass is 317 g/mol.